The Labute approximate surface area is 142 Å². The van der Waals surface area contributed by atoms with E-state index >= 15 is 0 Å². The van der Waals surface area contributed by atoms with Crippen molar-refractivity contribution in [3.8, 4) is 0 Å². The number of nitrogens with two attached hydrogens (primary N) is 1. The first-order valence-corrected chi connectivity index (χ1v) is 8.13. The maximum Gasteiger partial charge on any atom is 0.322 e. The first-order valence-electron chi connectivity index (χ1n) is 6.98. The molecule has 0 aliphatic carbocycles. The van der Waals surface area contributed by atoms with Crippen molar-refractivity contribution in [2.24, 2.45) is 5.73 Å². The smallest absolute Gasteiger partial charge is 0.322 e. The van der Waals surface area contributed by atoms with Crippen molar-refractivity contribution in [2.75, 3.05) is 18.1 Å². The van der Waals surface area contributed by atoms with Crippen LogP contribution in [0.4, 0.5) is 0 Å². The number of thioether (sulfide) groups is 1. The number of carboxylic acid groups (broad SMARTS) is 2. The summed E-state index contributed by atoms with van der Waals surface area (Å²) in [4.78, 5) is 55.7. The Morgan fingerprint density at radius 1 is 1.17 bits per heavy atom. The number of rotatable bonds is 12. The number of hydrogen-bond donors (Lipinski definition) is 5. The van der Waals surface area contributed by atoms with Crippen molar-refractivity contribution in [1.29, 1.82) is 0 Å². The van der Waals surface area contributed by atoms with Crippen LogP contribution in [0, 0.1) is 0 Å². The summed E-state index contributed by atoms with van der Waals surface area (Å²) in [6, 6.07) is -2.23. The van der Waals surface area contributed by atoms with Crippen LogP contribution in [0.5, 0.6) is 0 Å². The van der Waals surface area contributed by atoms with E-state index in [1.165, 1.54) is 6.92 Å². The van der Waals surface area contributed by atoms with E-state index in [0.29, 0.717) is 0 Å². The molecule has 0 fully saturated rings. The van der Waals surface area contributed by atoms with Gasteiger partial charge in [0.05, 0.1) is 5.75 Å². The number of Topliss-reactive ketones (excluding diaryl/α,β-unsaturated/α-hetero) is 1. The molecule has 0 heterocycles. The molecule has 0 spiro atoms. The molecule has 136 valence electrons. The number of ketones is 1. The Morgan fingerprint density at radius 2 is 1.79 bits per heavy atom. The van der Waals surface area contributed by atoms with Crippen LogP contribution < -0.4 is 16.4 Å². The molecule has 2 amide bonds. The largest absolute Gasteiger partial charge is 0.480 e. The van der Waals surface area contributed by atoms with Crippen molar-refractivity contribution in [3.63, 3.8) is 0 Å². The average Bonchev–Trinajstić information content (AvgIpc) is 2.48. The van der Waals surface area contributed by atoms with Gasteiger partial charge in [-0.3, -0.25) is 24.0 Å². The fourth-order valence-electron chi connectivity index (χ4n) is 1.47. The van der Waals surface area contributed by atoms with Crippen LogP contribution in [-0.4, -0.2) is 69.9 Å². The second-order valence-electron chi connectivity index (χ2n) is 4.93. The molecular formula is C13H21N3O7S. The van der Waals surface area contributed by atoms with Crippen molar-refractivity contribution in [3.05, 3.63) is 0 Å². The molecule has 0 aliphatic rings. The van der Waals surface area contributed by atoms with Gasteiger partial charge in [-0.2, -0.15) is 11.8 Å². The van der Waals surface area contributed by atoms with Crippen LogP contribution in [0.2, 0.25) is 0 Å². The summed E-state index contributed by atoms with van der Waals surface area (Å²) in [7, 11) is 0. The van der Waals surface area contributed by atoms with Gasteiger partial charge in [-0.25, -0.2) is 0 Å². The fraction of sp³-hybridized carbons (Fsp3) is 0.615. The number of carbonyl (C=O) groups is 5. The highest BCUT2D eigenvalue weighted by molar-refractivity contribution is 8.00. The lowest BCUT2D eigenvalue weighted by atomic mass is 10.1. The number of carboxylic acids is 2. The molecule has 0 aromatic carbocycles. The van der Waals surface area contributed by atoms with Crippen molar-refractivity contribution in [2.45, 2.75) is 31.8 Å². The van der Waals surface area contributed by atoms with Gasteiger partial charge < -0.3 is 26.6 Å². The van der Waals surface area contributed by atoms with E-state index in [4.69, 9.17) is 15.9 Å². The highest BCUT2D eigenvalue weighted by Crippen LogP contribution is 2.05. The van der Waals surface area contributed by atoms with E-state index < -0.39 is 42.4 Å². The van der Waals surface area contributed by atoms with Crippen molar-refractivity contribution < 1.29 is 34.2 Å². The van der Waals surface area contributed by atoms with Crippen LogP contribution in [0.25, 0.3) is 0 Å². The highest BCUT2D eigenvalue weighted by atomic mass is 32.2. The minimum absolute atomic E-state index is 0.0712. The van der Waals surface area contributed by atoms with E-state index in [-0.39, 0.29) is 30.1 Å². The minimum atomic E-state index is -1.24. The molecule has 0 radical (unpaired) electrons. The molecule has 0 saturated heterocycles. The highest BCUT2D eigenvalue weighted by Gasteiger charge is 2.22. The Kier molecular flexibility index (Phi) is 10.4. The van der Waals surface area contributed by atoms with Gasteiger partial charge in [0.1, 0.15) is 24.4 Å². The van der Waals surface area contributed by atoms with E-state index in [1.807, 2.05) is 0 Å². The molecular weight excluding hydrogens is 342 g/mol. The summed E-state index contributed by atoms with van der Waals surface area (Å²) < 4.78 is 0. The molecule has 11 heteroatoms. The summed E-state index contributed by atoms with van der Waals surface area (Å²) in [5.74, 6) is -3.67. The van der Waals surface area contributed by atoms with E-state index in [9.17, 15) is 24.0 Å². The van der Waals surface area contributed by atoms with Crippen LogP contribution in [0.1, 0.15) is 19.8 Å². The van der Waals surface area contributed by atoms with Crippen LogP contribution in [-0.2, 0) is 24.0 Å². The SMILES string of the molecule is CC(=O)CSC[C@H](NC(=O)CC[C@H](N)C(=O)O)C(=O)NCC(=O)O. The molecule has 0 saturated carbocycles. The Hall–Kier alpha value is -2.14. The third-order valence-electron chi connectivity index (χ3n) is 2.65. The molecule has 0 aliphatic heterocycles. The first kappa shape index (κ1) is 21.9. The average molecular weight is 363 g/mol. The maximum absolute atomic E-state index is 11.9. The topological polar surface area (TPSA) is 176 Å². The summed E-state index contributed by atoms with van der Waals surface area (Å²) >= 11 is 1.11. The summed E-state index contributed by atoms with van der Waals surface area (Å²) in [6.45, 7) is 0.769. The van der Waals surface area contributed by atoms with Gasteiger partial charge in [-0.05, 0) is 13.3 Å². The predicted molar refractivity (Wildman–Crippen MR) is 85.4 cm³/mol. The number of amides is 2. The Morgan fingerprint density at radius 3 is 2.29 bits per heavy atom. The normalized spacial score (nSPS) is 12.8. The van der Waals surface area contributed by atoms with E-state index in [0.717, 1.165) is 11.8 Å². The van der Waals surface area contributed by atoms with Gasteiger partial charge in [-0.15, -0.1) is 0 Å². The quantitative estimate of drug-likeness (QED) is 0.267. The molecule has 24 heavy (non-hydrogen) atoms. The third kappa shape index (κ3) is 10.6. The summed E-state index contributed by atoms with van der Waals surface area (Å²) in [5.41, 5.74) is 5.28. The van der Waals surface area contributed by atoms with Gasteiger partial charge in [-0.1, -0.05) is 0 Å². The monoisotopic (exact) mass is 363 g/mol. The fourth-order valence-corrected chi connectivity index (χ4v) is 2.34. The summed E-state index contributed by atoms with van der Waals surface area (Å²) in [5, 5.41) is 21.7. The van der Waals surface area contributed by atoms with Crippen LogP contribution >= 0.6 is 11.8 Å². The van der Waals surface area contributed by atoms with Crippen molar-refractivity contribution in [1.82, 2.24) is 10.6 Å². The van der Waals surface area contributed by atoms with Gasteiger partial charge in [0.25, 0.3) is 0 Å². The lowest BCUT2D eigenvalue weighted by molar-refractivity contribution is -0.139. The predicted octanol–water partition coefficient (Wildman–Crippen LogP) is -1.81. The molecule has 0 bridgehead atoms. The maximum atomic E-state index is 11.9. The molecule has 0 rings (SSSR count). The van der Waals surface area contributed by atoms with Crippen LogP contribution in [0.3, 0.4) is 0 Å². The zero-order valence-electron chi connectivity index (χ0n) is 13.1. The zero-order chi connectivity index (χ0) is 18.7. The first-order chi connectivity index (χ1) is 11.1. The third-order valence-corrected chi connectivity index (χ3v) is 3.83. The van der Waals surface area contributed by atoms with Crippen molar-refractivity contribution >= 4 is 41.3 Å². The minimum Gasteiger partial charge on any atom is -0.480 e. The number of aliphatic carboxylic acids is 2. The molecule has 0 unspecified atom stereocenters. The van der Waals surface area contributed by atoms with Gasteiger partial charge >= 0.3 is 11.9 Å². The zero-order valence-corrected chi connectivity index (χ0v) is 13.9. The van der Waals surface area contributed by atoms with E-state index in [2.05, 4.69) is 10.6 Å². The van der Waals surface area contributed by atoms with Gasteiger partial charge in [0.15, 0.2) is 0 Å². The Balaban J connectivity index is 4.57. The Bertz CT molecular complexity index is 498. The molecule has 6 N–H and O–H groups in total. The lowest BCUT2D eigenvalue weighted by Gasteiger charge is -2.18. The number of nitrogens with one attached hydrogen (secondary N) is 2. The number of hydrogen-bond acceptors (Lipinski definition) is 7. The standard InChI is InChI=1S/C13H21N3O7S/c1-7(17)5-24-6-9(12(21)15-4-11(19)20)16-10(18)3-2-8(14)13(22)23/h8-9H,2-6,14H2,1H3,(H,15,21)(H,16,18)(H,19,20)(H,22,23)/t8-,9-/m0/s1. The van der Waals surface area contributed by atoms with E-state index in [1.54, 1.807) is 0 Å². The van der Waals surface area contributed by atoms with Crippen LogP contribution in [0.15, 0.2) is 0 Å². The molecule has 2 atom stereocenters. The van der Waals surface area contributed by atoms with Gasteiger partial charge in [0.2, 0.25) is 11.8 Å². The number of carbonyl (C=O) groups excluding carboxylic acids is 3. The van der Waals surface area contributed by atoms with Gasteiger partial charge in [0, 0.05) is 12.2 Å². The molecule has 0 aromatic heterocycles. The lowest BCUT2D eigenvalue weighted by Crippen LogP contribution is -2.49. The molecule has 10 nitrogen and oxygen atoms in total. The molecule has 0 aromatic rings. The summed E-state index contributed by atoms with van der Waals surface area (Å²) in [6.07, 6.45) is -0.307. The second kappa shape index (κ2) is 11.4. The second-order valence-corrected chi connectivity index (χ2v) is 5.96.